The van der Waals surface area contributed by atoms with Crippen LogP contribution in [0.1, 0.15) is 11.3 Å². The van der Waals surface area contributed by atoms with Gasteiger partial charge in [0.2, 0.25) is 5.88 Å². The van der Waals surface area contributed by atoms with Crippen LogP contribution in [0.5, 0.6) is 5.88 Å². The van der Waals surface area contributed by atoms with Crippen molar-refractivity contribution in [2.24, 2.45) is 7.05 Å². The van der Waals surface area contributed by atoms with Crippen LogP contribution in [0.15, 0.2) is 10.5 Å². The van der Waals surface area contributed by atoms with Crippen LogP contribution in [-0.4, -0.2) is 27.5 Å². The molecule has 0 fully saturated rings. The maximum absolute atomic E-state index is 13.1. The molecular weight excluding hydrogens is 495 g/mol. The Bertz CT molecular complexity index is 712. The molecule has 2 rings (SSSR count). The predicted molar refractivity (Wildman–Crippen MR) is 84.2 cm³/mol. The summed E-state index contributed by atoms with van der Waals surface area (Å²) in [6.45, 7) is -1.70. The van der Waals surface area contributed by atoms with Gasteiger partial charge in [0.1, 0.15) is 0 Å². The zero-order valence-electron chi connectivity index (χ0n) is 11.7. The number of rotatable bonds is 5. The quantitative estimate of drug-likeness (QED) is 0.336. The highest BCUT2D eigenvalue weighted by molar-refractivity contribution is 14.1. The Morgan fingerprint density at radius 1 is 1.29 bits per heavy atom. The molecule has 13 heteroatoms. The first-order valence-corrected chi connectivity index (χ1v) is 8.92. The van der Waals surface area contributed by atoms with Gasteiger partial charge in [0, 0.05) is 12.8 Å². The van der Waals surface area contributed by atoms with Gasteiger partial charge < -0.3 is 4.74 Å². The molecule has 0 unspecified atom stereocenters. The van der Waals surface area contributed by atoms with Crippen molar-refractivity contribution in [3.63, 3.8) is 0 Å². The zero-order valence-corrected chi connectivity index (χ0v) is 15.5. The Balaban J connectivity index is 2.29. The second kappa shape index (κ2) is 7.27. The second-order valence-corrected chi connectivity index (χ2v) is 8.52. The number of hydrogen-bond acceptors (Lipinski definition) is 5. The summed E-state index contributed by atoms with van der Waals surface area (Å²) in [4.78, 5) is 3.99. The molecule has 0 amide bonds. The molecule has 0 bridgehead atoms. The number of thiazole rings is 1. The van der Waals surface area contributed by atoms with Crippen molar-refractivity contribution in [3.05, 3.63) is 20.3 Å². The third-order valence-corrected chi connectivity index (χ3v) is 5.43. The smallest absolute Gasteiger partial charge is 0.435 e. The Kier molecular flexibility index (Phi) is 5.95. The minimum atomic E-state index is -4.80. The molecule has 24 heavy (non-hydrogen) atoms. The van der Waals surface area contributed by atoms with Crippen LogP contribution in [0.3, 0.4) is 0 Å². The van der Waals surface area contributed by atoms with Gasteiger partial charge in [0.05, 0.1) is 14.6 Å². The maximum Gasteiger partial charge on any atom is 0.435 e. The van der Waals surface area contributed by atoms with Gasteiger partial charge in [-0.1, -0.05) is 11.8 Å². The molecule has 0 atom stereocenters. The standard InChI is InChI=1S/C11H8F6IN3OS2/c1-21-8(22-4-10(12,13)14)5(7(20-21)11(15,16)17)3-23-9-19-2-6(18)24-9/h2H,3-4H2,1H3. The van der Waals surface area contributed by atoms with Gasteiger partial charge in [0.15, 0.2) is 16.6 Å². The minimum Gasteiger partial charge on any atom is -0.468 e. The fourth-order valence-electron chi connectivity index (χ4n) is 1.68. The fourth-order valence-corrected chi connectivity index (χ4v) is 4.61. The molecule has 0 N–H and O–H groups in total. The molecule has 4 nitrogen and oxygen atoms in total. The molecule has 0 saturated heterocycles. The van der Waals surface area contributed by atoms with Crippen LogP contribution in [0.2, 0.25) is 0 Å². The highest BCUT2D eigenvalue weighted by atomic mass is 127. The molecule has 0 aliphatic carbocycles. The Morgan fingerprint density at radius 3 is 2.46 bits per heavy atom. The van der Waals surface area contributed by atoms with Crippen LogP contribution >= 0.6 is 45.7 Å². The normalized spacial score (nSPS) is 12.7. The number of ether oxygens (including phenoxy) is 1. The summed E-state index contributed by atoms with van der Waals surface area (Å²) in [5.41, 5.74) is -1.70. The van der Waals surface area contributed by atoms with Gasteiger partial charge in [-0.2, -0.15) is 31.4 Å². The van der Waals surface area contributed by atoms with E-state index in [1.54, 1.807) is 6.20 Å². The molecule has 0 aromatic carbocycles. The van der Waals surface area contributed by atoms with Gasteiger partial charge >= 0.3 is 12.4 Å². The molecule has 2 heterocycles. The van der Waals surface area contributed by atoms with E-state index in [2.05, 4.69) is 14.8 Å². The Labute approximate surface area is 153 Å². The molecule has 0 spiro atoms. The van der Waals surface area contributed by atoms with Crippen molar-refractivity contribution in [2.45, 2.75) is 22.4 Å². The van der Waals surface area contributed by atoms with Crippen molar-refractivity contribution in [1.29, 1.82) is 0 Å². The Morgan fingerprint density at radius 2 is 1.96 bits per heavy atom. The highest BCUT2D eigenvalue weighted by Crippen LogP contribution is 2.39. The maximum atomic E-state index is 13.1. The van der Waals surface area contributed by atoms with E-state index in [1.165, 1.54) is 11.3 Å². The average molecular weight is 503 g/mol. The largest absolute Gasteiger partial charge is 0.468 e. The van der Waals surface area contributed by atoms with Crippen molar-refractivity contribution < 1.29 is 31.1 Å². The number of halogens is 7. The number of nitrogens with zero attached hydrogens (tertiary/aromatic N) is 3. The van der Waals surface area contributed by atoms with E-state index in [0.717, 1.165) is 21.7 Å². The summed E-state index contributed by atoms with van der Waals surface area (Å²) < 4.78 is 82.7. The third-order valence-electron chi connectivity index (χ3n) is 2.53. The van der Waals surface area contributed by atoms with E-state index in [9.17, 15) is 26.3 Å². The first kappa shape index (κ1) is 19.6. The second-order valence-electron chi connectivity index (χ2n) is 4.38. The highest BCUT2D eigenvalue weighted by Gasteiger charge is 2.40. The van der Waals surface area contributed by atoms with E-state index in [-0.39, 0.29) is 5.75 Å². The number of aryl methyl sites for hydroxylation is 1. The lowest BCUT2D eigenvalue weighted by molar-refractivity contribution is -0.154. The number of hydrogen-bond donors (Lipinski definition) is 0. The van der Waals surface area contributed by atoms with Crippen LogP contribution < -0.4 is 4.74 Å². The van der Waals surface area contributed by atoms with Gasteiger partial charge in [-0.3, -0.25) is 0 Å². The third kappa shape index (κ3) is 5.15. The monoisotopic (exact) mass is 503 g/mol. The number of thioether (sulfide) groups is 1. The lowest BCUT2D eigenvalue weighted by atomic mass is 10.2. The van der Waals surface area contributed by atoms with Gasteiger partial charge in [0.25, 0.3) is 0 Å². The van der Waals surface area contributed by atoms with E-state index >= 15 is 0 Å². The molecule has 0 aliphatic rings. The minimum absolute atomic E-state index is 0.264. The van der Waals surface area contributed by atoms with Crippen molar-refractivity contribution in [1.82, 2.24) is 14.8 Å². The summed E-state index contributed by atoms with van der Waals surface area (Å²) in [5, 5.41) is 3.27. The van der Waals surface area contributed by atoms with Gasteiger partial charge in [-0.15, -0.1) is 11.3 Å². The van der Waals surface area contributed by atoms with Gasteiger partial charge in [-0.05, 0) is 22.6 Å². The summed E-state index contributed by atoms with van der Waals surface area (Å²) in [6, 6.07) is 0. The summed E-state index contributed by atoms with van der Waals surface area (Å²) in [5.74, 6) is -0.821. The SMILES string of the molecule is Cn1nc(C(F)(F)F)c(CSc2ncc(I)s2)c1OCC(F)(F)F. The predicted octanol–water partition coefficient (Wildman–Crippen LogP) is 4.73. The van der Waals surface area contributed by atoms with Crippen LogP contribution in [0.25, 0.3) is 0 Å². The summed E-state index contributed by atoms with van der Waals surface area (Å²) in [6.07, 6.45) is -7.92. The van der Waals surface area contributed by atoms with Crippen LogP contribution in [0, 0.1) is 2.88 Å². The zero-order chi connectivity index (χ0) is 18.1. The lowest BCUT2D eigenvalue weighted by Crippen LogP contribution is -2.20. The summed E-state index contributed by atoms with van der Waals surface area (Å²) >= 11 is 4.24. The van der Waals surface area contributed by atoms with E-state index in [4.69, 9.17) is 0 Å². The first-order chi connectivity index (χ1) is 11.0. The molecule has 134 valence electrons. The fraction of sp³-hybridized carbons (Fsp3) is 0.455. The lowest BCUT2D eigenvalue weighted by Gasteiger charge is -2.11. The molecule has 2 aromatic rings. The molecule has 0 radical (unpaired) electrons. The molecule has 0 saturated carbocycles. The number of aromatic nitrogens is 3. The first-order valence-electron chi connectivity index (χ1n) is 6.04. The molecular formula is C11H8F6IN3OS2. The summed E-state index contributed by atoms with van der Waals surface area (Å²) in [7, 11) is 1.10. The topological polar surface area (TPSA) is 39.9 Å². The van der Waals surface area contributed by atoms with Crippen molar-refractivity contribution >= 4 is 45.7 Å². The van der Waals surface area contributed by atoms with Gasteiger partial charge in [-0.25, -0.2) is 9.67 Å². The van der Waals surface area contributed by atoms with E-state index in [1.807, 2.05) is 22.6 Å². The number of alkyl halides is 6. The molecule has 0 aliphatic heterocycles. The Hall–Kier alpha value is -0.700. The van der Waals surface area contributed by atoms with E-state index < -0.39 is 36.1 Å². The van der Waals surface area contributed by atoms with Crippen LogP contribution in [-0.2, 0) is 19.0 Å². The average Bonchev–Trinajstić information content (AvgIpc) is 2.96. The van der Waals surface area contributed by atoms with E-state index in [0.29, 0.717) is 9.02 Å². The van der Waals surface area contributed by atoms with Crippen molar-refractivity contribution in [2.75, 3.05) is 6.61 Å². The molecule has 2 aromatic heterocycles. The van der Waals surface area contributed by atoms with Crippen molar-refractivity contribution in [3.8, 4) is 5.88 Å². The van der Waals surface area contributed by atoms with Crippen LogP contribution in [0.4, 0.5) is 26.3 Å².